The molecule has 0 aliphatic rings. The Labute approximate surface area is 239 Å². The topological polar surface area (TPSA) is 66.2 Å². The molecule has 40 heavy (non-hydrogen) atoms. The summed E-state index contributed by atoms with van der Waals surface area (Å²) in [6, 6.07) is 20.5. The van der Waals surface area contributed by atoms with Crippen molar-refractivity contribution in [2.75, 3.05) is 0 Å². The summed E-state index contributed by atoms with van der Waals surface area (Å²) in [7, 11) is -0.104. The van der Waals surface area contributed by atoms with E-state index in [4.69, 9.17) is 9.16 Å². The molecule has 3 aromatic carbocycles. The summed E-state index contributed by atoms with van der Waals surface area (Å²) in [5.74, 6) is -0.913. The van der Waals surface area contributed by atoms with Crippen LogP contribution in [0.3, 0.4) is 0 Å². The fourth-order valence-electron chi connectivity index (χ4n) is 4.93. The lowest BCUT2D eigenvalue weighted by Gasteiger charge is -2.37. The molecule has 0 saturated heterocycles. The molecule has 0 N–H and O–H groups in total. The van der Waals surface area contributed by atoms with E-state index in [1.165, 1.54) is 0 Å². The zero-order valence-corrected chi connectivity index (χ0v) is 26.4. The summed E-state index contributed by atoms with van der Waals surface area (Å²) >= 11 is 0. The first-order chi connectivity index (χ1) is 18.8. The fourth-order valence-corrected chi connectivity index (χ4v) is 5.88. The van der Waals surface area contributed by atoms with Crippen LogP contribution >= 0.6 is 0 Å². The van der Waals surface area contributed by atoms with E-state index >= 15 is 0 Å². The molecule has 0 aliphatic heterocycles. The highest BCUT2D eigenvalue weighted by Gasteiger charge is 2.38. The molecule has 0 spiro atoms. The molecule has 0 saturated carbocycles. The van der Waals surface area contributed by atoms with Gasteiger partial charge >= 0.3 is 5.97 Å². The lowest BCUT2D eigenvalue weighted by molar-refractivity contribution is -0.149. The van der Waals surface area contributed by atoms with Crippen LogP contribution in [0.25, 0.3) is 11.0 Å². The number of fused-ring (bicyclic) bond motifs is 1. The lowest BCUT2D eigenvalue weighted by atomic mass is 9.77. The largest absolute Gasteiger partial charge is 0.461 e. The summed E-state index contributed by atoms with van der Waals surface area (Å²) in [6.07, 6.45) is 0. The van der Waals surface area contributed by atoms with Gasteiger partial charge in [0, 0.05) is 13.0 Å². The molecule has 1 aromatic heterocycles. The molecule has 2 atom stereocenters. The molecule has 0 bridgehead atoms. The number of rotatable bonds is 9. The smallest absolute Gasteiger partial charge is 0.309 e. The second-order valence-electron chi connectivity index (χ2n) is 12.5. The predicted octanol–water partition coefficient (Wildman–Crippen LogP) is 7.62. The van der Waals surface area contributed by atoms with E-state index in [1.54, 1.807) is 4.68 Å². The second kappa shape index (κ2) is 11.7. The fraction of sp³-hybridized carbons (Fsp3) is 0.424. The van der Waals surface area contributed by atoms with Crippen LogP contribution < -0.4 is 0 Å². The third-order valence-corrected chi connectivity index (χ3v) is 13.0. The number of carbonyl (C=O) groups is 1. The highest BCUT2D eigenvalue weighted by atomic mass is 28.4. The summed E-state index contributed by atoms with van der Waals surface area (Å²) in [5.41, 5.74) is 8.21. The minimum atomic E-state index is -2.00. The van der Waals surface area contributed by atoms with Crippen LogP contribution in [0, 0.1) is 19.8 Å². The molecule has 0 amide bonds. The molecule has 1 heterocycles. The van der Waals surface area contributed by atoms with E-state index in [0.717, 1.165) is 44.4 Å². The number of benzene rings is 3. The van der Waals surface area contributed by atoms with Crippen LogP contribution in [0.1, 0.15) is 67.0 Å². The molecule has 212 valence electrons. The molecular weight excluding hydrogens is 514 g/mol. The van der Waals surface area contributed by atoms with E-state index in [1.807, 2.05) is 50.4 Å². The van der Waals surface area contributed by atoms with Gasteiger partial charge in [-0.3, -0.25) is 4.79 Å². The molecular formula is C33H43N3O3Si. The molecule has 7 heteroatoms. The van der Waals surface area contributed by atoms with Crippen molar-refractivity contribution in [2.24, 2.45) is 13.0 Å². The van der Waals surface area contributed by atoms with Crippen molar-refractivity contribution in [1.82, 2.24) is 15.0 Å². The molecule has 4 rings (SSSR count). The van der Waals surface area contributed by atoms with Crippen molar-refractivity contribution in [3.05, 3.63) is 94.0 Å². The number of aromatic nitrogens is 3. The number of aryl methyl sites for hydroxylation is 3. The number of hydrogen-bond donors (Lipinski definition) is 0. The average molecular weight is 558 g/mol. The normalized spacial score (nSPS) is 13.8. The summed E-state index contributed by atoms with van der Waals surface area (Å²) in [4.78, 5) is 13.6. The lowest BCUT2D eigenvalue weighted by Crippen LogP contribution is -2.40. The minimum Gasteiger partial charge on any atom is -0.461 e. The Kier molecular flexibility index (Phi) is 8.66. The van der Waals surface area contributed by atoms with Crippen molar-refractivity contribution in [1.29, 1.82) is 0 Å². The van der Waals surface area contributed by atoms with E-state index in [9.17, 15) is 4.79 Å². The molecule has 6 nitrogen and oxygen atoms in total. The van der Waals surface area contributed by atoms with Crippen LogP contribution in [-0.4, -0.2) is 29.3 Å². The Hall–Kier alpha value is -3.29. The molecule has 0 aliphatic carbocycles. The van der Waals surface area contributed by atoms with Gasteiger partial charge in [-0.2, -0.15) is 0 Å². The third kappa shape index (κ3) is 6.21. The average Bonchev–Trinajstić information content (AvgIpc) is 3.29. The van der Waals surface area contributed by atoms with Gasteiger partial charge in [-0.25, -0.2) is 4.68 Å². The summed E-state index contributed by atoms with van der Waals surface area (Å²) < 4.78 is 14.4. The number of hydrogen-bond acceptors (Lipinski definition) is 5. The first-order valence-corrected chi connectivity index (χ1v) is 16.9. The third-order valence-electron chi connectivity index (χ3n) is 8.54. The number of nitrogens with zero attached hydrogens (tertiary/aromatic N) is 3. The van der Waals surface area contributed by atoms with Crippen molar-refractivity contribution in [3.63, 3.8) is 0 Å². The molecule has 4 aromatic rings. The maximum atomic E-state index is 13.6. The molecule has 2 unspecified atom stereocenters. The van der Waals surface area contributed by atoms with Gasteiger partial charge in [-0.05, 0) is 65.9 Å². The maximum absolute atomic E-state index is 13.6. The summed E-state index contributed by atoms with van der Waals surface area (Å²) in [6.45, 7) is 18.2. The SMILES string of the molecule is Cc1ccc(C(c2ccc3c(nnn3C)c2C)C(C)C(=O)OCc2ccccc2)c(CO[Si](C)(C)C(C)(C)C)c1. The number of carbonyl (C=O) groups excluding carboxylic acids is 1. The summed E-state index contributed by atoms with van der Waals surface area (Å²) in [5, 5.41) is 8.78. The van der Waals surface area contributed by atoms with Crippen molar-refractivity contribution >= 4 is 25.3 Å². The number of esters is 1. The second-order valence-corrected chi connectivity index (χ2v) is 17.3. The Morgan fingerprint density at radius 3 is 2.33 bits per heavy atom. The Morgan fingerprint density at radius 1 is 0.975 bits per heavy atom. The van der Waals surface area contributed by atoms with Crippen molar-refractivity contribution in [3.8, 4) is 0 Å². The van der Waals surface area contributed by atoms with Gasteiger partial charge in [-0.15, -0.1) is 5.10 Å². The molecule has 0 fully saturated rings. The van der Waals surface area contributed by atoms with Crippen LogP contribution in [0.2, 0.25) is 18.1 Å². The minimum absolute atomic E-state index is 0.0958. The standard InChI is InChI=1S/C33H43N3O3Si/c1-22-15-16-28(26(19-22)21-39-40(8,9)33(4,5)6)30(24(3)32(37)38-20-25-13-11-10-12-14-25)27-17-18-29-31(23(27)2)34-35-36(29)7/h10-19,24,30H,20-21H2,1-9H3. The van der Waals surface area contributed by atoms with E-state index in [2.05, 4.69) is 82.3 Å². The van der Waals surface area contributed by atoms with Gasteiger partial charge in [0.1, 0.15) is 12.1 Å². The van der Waals surface area contributed by atoms with Crippen LogP contribution in [-0.2, 0) is 34.2 Å². The van der Waals surface area contributed by atoms with E-state index in [-0.39, 0.29) is 23.5 Å². The van der Waals surface area contributed by atoms with Gasteiger partial charge in [0.2, 0.25) is 0 Å². The molecule has 0 radical (unpaired) electrons. The zero-order chi connectivity index (χ0) is 29.2. The van der Waals surface area contributed by atoms with Gasteiger partial charge in [0.25, 0.3) is 0 Å². The zero-order valence-electron chi connectivity index (χ0n) is 25.4. The highest BCUT2D eigenvalue weighted by molar-refractivity contribution is 6.74. The highest BCUT2D eigenvalue weighted by Crippen LogP contribution is 2.41. The van der Waals surface area contributed by atoms with Crippen LogP contribution in [0.4, 0.5) is 0 Å². The first kappa shape index (κ1) is 29.7. The van der Waals surface area contributed by atoms with Gasteiger partial charge in [0.05, 0.1) is 18.0 Å². The first-order valence-electron chi connectivity index (χ1n) is 14.0. The van der Waals surface area contributed by atoms with Crippen LogP contribution in [0.15, 0.2) is 60.7 Å². The van der Waals surface area contributed by atoms with Gasteiger partial charge < -0.3 is 9.16 Å². The van der Waals surface area contributed by atoms with Crippen molar-refractivity contribution in [2.45, 2.75) is 78.8 Å². The monoisotopic (exact) mass is 557 g/mol. The van der Waals surface area contributed by atoms with Gasteiger partial charge in [-0.1, -0.05) is 93.1 Å². The Bertz CT molecular complexity index is 1490. The number of ether oxygens (including phenoxy) is 1. The predicted molar refractivity (Wildman–Crippen MR) is 164 cm³/mol. The van der Waals surface area contributed by atoms with Gasteiger partial charge in [0.15, 0.2) is 8.32 Å². The Balaban J connectivity index is 1.78. The maximum Gasteiger partial charge on any atom is 0.309 e. The van der Waals surface area contributed by atoms with Crippen molar-refractivity contribution < 1.29 is 14.0 Å². The van der Waals surface area contributed by atoms with Crippen LogP contribution in [0.5, 0.6) is 0 Å². The quantitative estimate of drug-likeness (QED) is 0.156. The van der Waals surface area contributed by atoms with E-state index < -0.39 is 14.2 Å². The van der Waals surface area contributed by atoms with E-state index in [0.29, 0.717) is 6.61 Å². The Morgan fingerprint density at radius 2 is 1.65 bits per heavy atom.